The van der Waals surface area contributed by atoms with Crippen LogP contribution in [0.5, 0.6) is 0 Å². The third kappa shape index (κ3) is 2.99. The molecule has 0 radical (unpaired) electrons. The predicted molar refractivity (Wildman–Crippen MR) is 116 cm³/mol. The summed E-state index contributed by atoms with van der Waals surface area (Å²) in [4.78, 5) is 11.0. The maximum Gasteiger partial charge on any atom is 0.129 e. The van der Waals surface area contributed by atoms with Gasteiger partial charge in [0.05, 0.1) is 35.6 Å². The summed E-state index contributed by atoms with van der Waals surface area (Å²) in [6, 6.07) is 12.0. The standard InChI is InChI=1S/C23H19ClN6/c1-14-8-22(24)27-10-17(14)11-30-21-13-29(12-19(21)15(2)28-30)20-6-5-16(9-25)23-18(20)4-3-7-26-23/h3-8,10H,11-13H2,1-2H3. The highest BCUT2D eigenvalue weighted by Crippen LogP contribution is 2.35. The lowest BCUT2D eigenvalue weighted by atomic mass is 10.1. The van der Waals surface area contributed by atoms with Gasteiger partial charge in [0.25, 0.3) is 0 Å². The van der Waals surface area contributed by atoms with Gasteiger partial charge in [-0.1, -0.05) is 11.6 Å². The topological polar surface area (TPSA) is 70.6 Å². The number of aromatic nitrogens is 4. The SMILES string of the molecule is Cc1cc(Cl)ncc1Cn1nc(C)c2c1CN(c1ccc(C#N)c3ncccc13)C2. The van der Waals surface area contributed by atoms with E-state index in [0.717, 1.165) is 46.5 Å². The fourth-order valence-corrected chi connectivity index (χ4v) is 4.39. The maximum absolute atomic E-state index is 9.42. The average Bonchev–Trinajstić information content (AvgIpc) is 3.30. The van der Waals surface area contributed by atoms with Crippen LogP contribution in [0.2, 0.25) is 5.15 Å². The zero-order valence-electron chi connectivity index (χ0n) is 16.7. The fourth-order valence-electron chi connectivity index (χ4n) is 4.18. The summed E-state index contributed by atoms with van der Waals surface area (Å²) in [5.74, 6) is 0. The van der Waals surface area contributed by atoms with Gasteiger partial charge in [-0.3, -0.25) is 9.67 Å². The third-order valence-electron chi connectivity index (χ3n) is 5.77. The molecule has 0 aliphatic carbocycles. The smallest absolute Gasteiger partial charge is 0.129 e. The Morgan fingerprint density at radius 1 is 1.17 bits per heavy atom. The highest BCUT2D eigenvalue weighted by molar-refractivity contribution is 6.29. The summed E-state index contributed by atoms with van der Waals surface area (Å²) >= 11 is 6.01. The van der Waals surface area contributed by atoms with Crippen LogP contribution in [0.15, 0.2) is 42.7 Å². The van der Waals surface area contributed by atoms with Crippen LogP contribution in [0.1, 0.15) is 33.6 Å². The van der Waals surface area contributed by atoms with Crippen LogP contribution in [0, 0.1) is 25.2 Å². The first-order chi connectivity index (χ1) is 14.5. The number of aryl methyl sites for hydroxylation is 2. The quantitative estimate of drug-likeness (QED) is 0.460. The predicted octanol–water partition coefficient (Wildman–Crippen LogP) is 4.54. The number of anilines is 1. The van der Waals surface area contributed by atoms with E-state index in [4.69, 9.17) is 16.7 Å². The van der Waals surface area contributed by atoms with Gasteiger partial charge in [0, 0.05) is 35.6 Å². The molecule has 0 saturated carbocycles. The average molecular weight is 415 g/mol. The summed E-state index contributed by atoms with van der Waals surface area (Å²) in [6.45, 7) is 6.31. The first-order valence-corrected chi connectivity index (χ1v) is 10.1. The number of rotatable bonds is 3. The molecule has 5 rings (SSSR count). The zero-order chi connectivity index (χ0) is 20.8. The Morgan fingerprint density at radius 2 is 2.03 bits per heavy atom. The number of hydrogen-bond donors (Lipinski definition) is 0. The van der Waals surface area contributed by atoms with E-state index in [1.54, 1.807) is 6.20 Å². The molecule has 0 saturated heterocycles. The molecule has 0 amide bonds. The van der Waals surface area contributed by atoms with Crippen molar-refractivity contribution in [2.45, 2.75) is 33.5 Å². The number of nitriles is 1. The lowest BCUT2D eigenvalue weighted by Gasteiger charge is -2.21. The second kappa shape index (κ2) is 7.12. The molecule has 3 aromatic heterocycles. The van der Waals surface area contributed by atoms with Gasteiger partial charge in [0.15, 0.2) is 0 Å². The molecular weight excluding hydrogens is 396 g/mol. The molecule has 1 aromatic carbocycles. The molecule has 4 heterocycles. The molecule has 148 valence electrons. The zero-order valence-corrected chi connectivity index (χ0v) is 17.5. The first-order valence-electron chi connectivity index (χ1n) is 9.74. The van der Waals surface area contributed by atoms with Crippen molar-refractivity contribution in [2.24, 2.45) is 0 Å². The lowest BCUT2D eigenvalue weighted by molar-refractivity contribution is 0.633. The molecule has 6 nitrogen and oxygen atoms in total. The molecule has 30 heavy (non-hydrogen) atoms. The summed E-state index contributed by atoms with van der Waals surface area (Å²) in [5, 5.41) is 15.7. The van der Waals surface area contributed by atoms with Crippen molar-refractivity contribution < 1.29 is 0 Å². The lowest BCUT2D eigenvalue weighted by Crippen LogP contribution is -2.18. The summed E-state index contributed by atoms with van der Waals surface area (Å²) in [6.07, 6.45) is 3.56. The van der Waals surface area contributed by atoms with Gasteiger partial charge in [0.1, 0.15) is 11.2 Å². The Balaban J connectivity index is 1.51. The second-order valence-corrected chi connectivity index (χ2v) is 7.99. The van der Waals surface area contributed by atoms with Crippen LogP contribution in [0.4, 0.5) is 5.69 Å². The summed E-state index contributed by atoms with van der Waals surface area (Å²) < 4.78 is 2.08. The molecule has 0 unspecified atom stereocenters. The van der Waals surface area contributed by atoms with E-state index in [1.807, 2.05) is 43.5 Å². The van der Waals surface area contributed by atoms with Crippen LogP contribution in [-0.4, -0.2) is 19.7 Å². The Hall–Kier alpha value is -3.43. The van der Waals surface area contributed by atoms with Crippen molar-refractivity contribution in [3.8, 4) is 6.07 Å². The molecular formula is C23H19ClN6. The summed E-state index contributed by atoms with van der Waals surface area (Å²) in [5.41, 5.74) is 8.16. The van der Waals surface area contributed by atoms with Crippen molar-refractivity contribution in [3.05, 3.63) is 81.5 Å². The van der Waals surface area contributed by atoms with Gasteiger partial charge in [-0.2, -0.15) is 10.4 Å². The number of nitrogens with zero attached hydrogens (tertiary/aromatic N) is 6. The Morgan fingerprint density at radius 3 is 2.83 bits per heavy atom. The van der Waals surface area contributed by atoms with E-state index in [1.165, 1.54) is 11.3 Å². The van der Waals surface area contributed by atoms with E-state index < -0.39 is 0 Å². The van der Waals surface area contributed by atoms with E-state index in [2.05, 4.69) is 32.5 Å². The molecule has 0 N–H and O–H groups in total. The monoisotopic (exact) mass is 414 g/mol. The molecule has 0 spiro atoms. The Kier molecular flexibility index (Phi) is 4.41. The van der Waals surface area contributed by atoms with E-state index >= 15 is 0 Å². The molecule has 1 aliphatic heterocycles. The van der Waals surface area contributed by atoms with Gasteiger partial charge >= 0.3 is 0 Å². The normalized spacial score (nSPS) is 12.9. The number of pyridine rings is 2. The van der Waals surface area contributed by atoms with E-state index in [9.17, 15) is 5.26 Å². The van der Waals surface area contributed by atoms with Crippen LogP contribution in [-0.2, 0) is 19.6 Å². The minimum Gasteiger partial charge on any atom is -0.361 e. The second-order valence-electron chi connectivity index (χ2n) is 7.60. The van der Waals surface area contributed by atoms with Crippen LogP contribution < -0.4 is 4.90 Å². The largest absolute Gasteiger partial charge is 0.361 e. The van der Waals surface area contributed by atoms with E-state index in [-0.39, 0.29) is 0 Å². The number of halogens is 1. The van der Waals surface area contributed by atoms with Crippen LogP contribution >= 0.6 is 11.6 Å². The minimum atomic E-state index is 0.505. The summed E-state index contributed by atoms with van der Waals surface area (Å²) in [7, 11) is 0. The van der Waals surface area contributed by atoms with Gasteiger partial charge in [-0.25, -0.2) is 4.98 Å². The van der Waals surface area contributed by atoms with Gasteiger partial charge < -0.3 is 4.90 Å². The molecule has 0 bridgehead atoms. The van der Waals surface area contributed by atoms with Gasteiger partial charge in [-0.05, 0) is 55.3 Å². The molecule has 1 aliphatic rings. The molecule has 0 fully saturated rings. The first kappa shape index (κ1) is 18.6. The highest BCUT2D eigenvalue weighted by atomic mass is 35.5. The number of fused-ring (bicyclic) bond motifs is 2. The van der Waals surface area contributed by atoms with Crippen molar-refractivity contribution in [3.63, 3.8) is 0 Å². The van der Waals surface area contributed by atoms with Crippen LogP contribution in [0.25, 0.3) is 10.9 Å². The number of benzene rings is 1. The Labute approximate surface area is 179 Å². The van der Waals surface area contributed by atoms with Crippen molar-refractivity contribution in [1.29, 1.82) is 5.26 Å². The molecule has 4 aromatic rings. The van der Waals surface area contributed by atoms with Gasteiger partial charge in [-0.15, -0.1) is 0 Å². The van der Waals surface area contributed by atoms with Crippen LogP contribution in [0.3, 0.4) is 0 Å². The van der Waals surface area contributed by atoms with Crippen molar-refractivity contribution >= 4 is 28.2 Å². The highest BCUT2D eigenvalue weighted by Gasteiger charge is 2.28. The third-order valence-corrected chi connectivity index (χ3v) is 5.98. The molecule has 0 atom stereocenters. The number of hydrogen-bond acceptors (Lipinski definition) is 5. The van der Waals surface area contributed by atoms with Gasteiger partial charge in [0.2, 0.25) is 0 Å². The fraction of sp³-hybridized carbons (Fsp3) is 0.217. The van der Waals surface area contributed by atoms with Crippen molar-refractivity contribution in [2.75, 3.05) is 4.90 Å². The molecule has 7 heteroatoms. The Bertz CT molecular complexity index is 1330. The van der Waals surface area contributed by atoms with Crippen molar-refractivity contribution in [1.82, 2.24) is 19.7 Å². The maximum atomic E-state index is 9.42. The van der Waals surface area contributed by atoms with E-state index in [0.29, 0.717) is 17.3 Å². The minimum absolute atomic E-state index is 0.505.